The zero-order chi connectivity index (χ0) is 14.5. The second kappa shape index (κ2) is 6.77. The third-order valence-corrected chi connectivity index (χ3v) is 4.10. The van der Waals surface area contributed by atoms with Gasteiger partial charge in [-0.15, -0.1) is 0 Å². The lowest BCUT2D eigenvalue weighted by Gasteiger charge is -2.23. The van der Waals surface area contributed by atoms with Crippen LogP contribution in [0.2, 0.25) is 0 Å². The van der Waals surface area contributed by atoms with Gasteiger partial charge in [0.05, 0.1) is 35.3 Å². The SMILES string of the molecule is COC(=O)C[C@H](NS(=O)C(C)(C)C)c1cccnc1. The Kier molecular flexibility index (Phi) is 5.62. The van der Waals surface area contributed by atoms with E-state index < -0.39 is 15.7 Å². The summed E-state index contributed by atoms with van der Waals surface area (Å²) in [4.78, 5) is 15.5. The minimum absolute atomic E-state index is 0.115. The Balaban J connectivity index is 2.88. The van der Waals surface area contributed by atoms with E-state index in [1.807, 2.05) is 26.8 Å². The monoisotopic (exact) mass is 284 g/mol. The number of aromatic nitrogens is 1. The van der Waals surface area contributed by atoms with Crippen LogP contribution in [0, 0.1) is 0 Å². The molecule has 1 aromatic rings. The third kappa shape index (κ3) is 5.08. The summed E-state index contributed by atoms with van der Waals surface area (Å²) in [6, 6.07) is 3.25. The van der Waals surface area contributed by atoms with Gasteiger partial charge in [0.2, 0.25) is 0 Å². The van der Waals surface area contributed by atoms with Crippen LogP contribution in [0.4, 0.5) is 0 Å². The third-order valence-electron chi connectivity index (χ3n) is 2.49. The Bertz CT molecular complexity index is 443. The van der Waals surface area contributed by atoms with Crippen molar-refractivity contribution in [2.24, 2.45) is 0 Å². The van der Waals surface area contributed by atoms with Crippen LogP contribution in [0.3, 0.4) is 0 Å². The summed E-state index contributed by atoms with van der Waals surface area (Å²) in [5.41, 5.74) is 0.811. The molecule has 106 valence electrons. The standard InChI is InChI=1S/C13H20N2O3S/c1-13(2,3)19(17)15-11(8-12(16)18-4)10-6-5-7-14-9-10/h5-7,9,11,15H,8H2,1-4H3/t11-,19?/m0/s1. The van der Waals surface area contributed by atoms with Crippen molar-refractivity contribution in [1.29, 1.82) is 0 Å². The smallest absolute Gasteiger partial charge is 0.307 e. The zero-order valence-corrected chi connectivity index (χ0v) is 12.5. The van der Waals surface area contributed by atoms with Crippen molar-refractivity contribution >= 4 is 17.0 Å². The number of nitrogens with zero attached hydrogens (tertiary/aromatic N) is 1. The minimum atomic E-state index is -1.27. The van der Waals surface area contributed by atoms with E-state index in [0.717, 1.165) is 5.56 Å². The topological polar surface area (TPSA) is 68.3 Å². The molecule has 0 bridgehead atoms. The predicted octanol–water partition coefficient (Wildman–Crippen LogP) is 1.74. The molecule has 0 fully saturated rings. The Morgan fingerprint density at radius 2 is 2.21 bits per heavy atom. The van der Waals surface area contributed by atoms with E-state index in [1.165, 1.54) is 7.11 Å². The van der Waals surface area contributed by atoms with Crippen LogP contribution in [0.15, 0.2) is 24.5 Å². The van der Waals surface area contributed by atoms with Crippen LogP contribution in [0.25, 0.3) is 0 Å². The van der Waals surface area contributed by atoms with Crippen LogP contribution < -0.4 is 4.72 Å². The molecule has 0 amide bonds. The van der Waals surface area contributed by atoms with Gasteiger partial charge in [-0.1, -0.05) is 6.07 Å². The van der Waals surface area contributed by atoms with E-state index in [2.05, 4.69) is 14.4 Å². The summed E-state index contributed by atoms with van der Waals surface area (Å²) in [7, 11) is 0.0648. The van der Waals surface area contributed by atoms with E-state index in [-0.39, 0.29) is 18.4 Å². The van der Waals surface area contributed by atoms with Crippen molar-refractivity contribution in [3.05, 3.63) is 30.1 Å². The highest BCUT2D eigenvalue weighted by Gasteiger charge is 2.25. The number of rotatable bonds is 5. The average molecular weight is 284 g/mol. The van der Waals surface area contributed by atoms with Gasteiger partial charge in [0.15, 0.2) is 0 Å². The summed E-state index contributed by atoms with van der Waals surface area (Å²) >= 11 is 0. The lowest BCUT2D eigenvalue weighted by Crippen LogP contribution is -2.36. The highest BCUT2D eigenvalue weighted by Crippen LogP contribution is 2.20. The van der Waals surface area contributed by atoms with E-state index >= 15 is 0 Å². The van der Waals surface area contributed by atoms with Gasteiger partial charge >= 0.3 is 5.97 Å². The lowest BCUT2D eigenvalue weighted by atomic mass is 10.1. The molecular formula is C13H20N2O3S. The molecule has 1 heterocycles. The molecular weight excluding hydrogens is 264 g/mol. The van der Waals surface area contributed by atoms with Gasteiger partial charge in [-0.05, 0) is 32.4 Å². The van der Waals surface area contributed by atoms with Gasteiger partial charge in [0, 0.05) is 12.4 Å². The fourth-order valence-electron chi connectivity index (χ4n) is 1.37. The van der Waals surface area contributed by atoms with Gasteiger partial charge in [0.25, 0.3) is 0 Å². The number of pyridine rings is 1. The number of nitrogens with one attached hydrogen (secondary N) is 1. The van der Waals surface area contributed by atoms with E-state index in [4.69, 9.17) is 0 Å². The van der Waals surface area contributed by atoms with Gasteiger partial charge in [-0.3, -0.25) is 9.78 Å². The molecule has 0 aromatic carbocycles. The van der Waals surface area contributed by atoms with Crippen molar-refractivity contribution in [3.63, 3.8) is 0 Å². The van der Waals surface area contributed by atoms with Gasteiger partial charge in [-0.25, -0.2) is 8.93 Å². The Morgan fingerprint density at radius 1 is 1.53 bits per heavy atom. The van der Waals surface area contributed by atoms with Crippen LogP contribution in [-0.4, -0.2) is 27.0 Å². The van der Waals surface area contributed by atoms with E-state index in [1.54, 1.807) is 18.5 Å². The summed E-state index contributed by atoms with van der Waals surface area (Å²) in [5, 5.41) is 0. The van der Waals surface area contributed by atoms with Crippen LogP contribution >= 0.6 is 0 Å². The van der Waals surface area contributed by atoms with Crippen molar-refractivity contribution < 1.29 is 13.7 Å². The number of methoxy groups -OCH3 is 1. The first-order chi connectivity index (χ1) is 8.84. The lowest BCUT2D eigenvalue weighted by molar-refractivity contribution is -0.141. The maximum atomic E-state index is 12.1. The minimum Gasteiger partial charge on any atom is -0.469 e. The molecule has 1 unspecified atom stereocenters. The molecule has 1 N–H and O–H groups in total. The Labute approximate surface area is 116 Å². The molecule has 2 atom stereocenters. The van der Waals surface area contributed by atoms with Crippen molar-refractivity contribution in [2.75, 3.05) is 7.11 Å². The highest BCUT2D eigenvalue weighted by molar-refractivity contribution is 7.84. The normalized spacial score (nSPS) is 14.7. The van der Waals surface area contributed by atoms with Crippen molar-refractivity contribution in [1.82, 2.24) is 9.71 Å². The number of carbonyl (C=O) groups excluding carboxylic acids is 1. The van der Waals surface area contributed by atoms with Gasteiger partial charge in [-0.2, -0.15) is 0 Å². The zero-order valence-electron chi connectivity index (χ0n) is 11.7. The molecule has 5 nitrogen and oxygen atoms in total. The Hall–Kier alpha value is -1.27. The molecule has 0 spiro atoms. The second-order valence-electron chi connectivity index (χ2n) is 5.12. The molecule has 6 heteroatoms. The van der Waals surface area contributed by atoms with Crippen LogP contribution in [0.1, 0.15) is 38.8 Å². The van der Waals surface area contributed by atoms with Crippen molar-refractivity contribution in [3.8, 4) is 0 Å². The van der Waals surface area contributed by atoms with E-state index in [9.17, 15) is 9.00 Å². The molecule has 0 saturated carbocycles. The molecule has 1 aromatic heterocycles. The maximum absolute atomic E-state index is 12.1. The van der Waals surface area contributed by atoms with Gasteiger partial charge in [0.1, 0.15) is 0 Å². The Morgan fingerprint density at radius 3 is 2.68 bits per heavy atom. The number of hydrogen-bond acceptors (Lipinski definition) is 4. The maximum Gasteiger partial charge on any atom is 0.307 e. The molecule has 0 aliphatic carbocycles. The molecule has 19 heavy (non-hydrogen) atoms. The fourth-order valence-corrected chi connectivity index (χ4v) is 2.20. The van der Waals surface area contributed by atoms with E-state index in [0.29, 0.717) is 0 Å². The highest BCUT2D eigenvalue weighted by atomic mass is 32.2. The van der Waals surface area contributed by atoms with Gasteiger partial charge < -0.3 is 4.74 Å². The molecule has 0 aliphatic rings. The number of ether oxygens (including phenoxy) is 1. The first kappa shape index (κ1) is 15.8. The molecule has 1 rings (SSSR count). The predicted molar refractivity (Wildman–Crippen MR) is 74.6 cm³/mol. The van der Waals surface area contributed by atoms with Crippen LogP contribution in [0.5, 0.6) is 0 Å². The summed E-state index contributed by atoms with van der Waals surface area (Å²) < 4.78 is 19.4. The van der Waals surface area contributed by atoms with Crippen LogP contribution in [-0.2, 0) is 20.5 Å². The second-order valence-corrected chi connectivity index (χ2v) is 7.12. The largest absolute Gasteiger partial charge is 0.469 e. The quantitative estimate of drug-likeness (QED) is 0.836. The molecule has 0 radical (unpaired) electrons. The molecule has 0 aliphatic heterocycles. The summed E-state index contributed by atoms with van der Waals surface area (Å²) in [6.45, 7) is 5.61. The average Bonchev–Trinajstić information content (AvgIpc) is 2.37. The van der Waals surface area contributed by atoms with Crippen molar-refractivity contribution in [2.45, 2.75) is 38.0 Å². The number of carbonyl (C=O) groups is 1. The number of esters is 1. The first-order valence-electron chi connectivity index (χ1n) is 5.99. The fraction of sp³-hybridized carbons (Fsp3) is 0.538. The summed E-state index contributed by atoms with van der Waals surface area (Å²) in [6.07, 6.45) is 3.42. The first-order valence-corrected chi connectivity index (χ1v) is 7.14. The molecule has 0 saturated heterocycles. The summed E-state index contributed by atoms with van der Waals surface area (Å²) in [5.74, 6) is -0.354. The number of hydrogen-bond donors (Lipinski definition) is 1.